The van der Waals surface area contributed by atoms with Crippen molar-refractivity contribution in [2.75, 3.05) is 39.0 Å². The summed E-state index contributed by atoms with van der Waals surface area (Å²) in [5, 5.41) is 8.02. The normalized spacial score (nSPS) is 15.4. The largest absolute Gasteiger partial charge is 0.481 e. The van der Waals surface area contributed by atoms with Gasteiger partial charge in [0.1, 0.15) is 0 Å². The Morgan fingerprint density at radius 3 is 2.80 bits per heavy atom. The van der Waals surface area contributed by atoms with Crippen molar-refractivity contribution in [3.8, 4) is 5.75 Å². The molecule has 1 fully saturated rings. The molecule has 9 heteroatoms. The highest BCUT2D eigenvalue weighted by Crippen LogP contribution is 2.20. The van der Waals surface area contributed by atoms with Crippen LogP contribution in [0, 0.1) is 5.82 Å². The van der Waals surface area contributed by atoms with E-state index in [4.69, 9.17) is 9.15 Å². The van der Waals surface area contributed by atoms with Crippen LogP contribution >= 0.6 is 11.8 Å². The summed E-state index contributed by atoms with van der Waals surface area (Å²) < 4.78 is 24.2. The maximum absolute atomic E-state index is 13.5. The van der Waals surface area contributed by atoms with Crippen LogP contribution in [-0.4, -0.2) is 64.9 Å². The summed E-state index contributed by atoms with van der Waals surface area (Å²) in [6, 6.07) is 6.10. The van der Waals surface area contributed by atoms with Gasteiger partial charge in [-0.3, -0.25) is 4.79 Å². The lowest BCUT2D eigenvalue weighted by Gasteiger charge is -2.32. The standard InChI is InChI=1S/C16H19FN4O3S/c1-20-6-8-21(9-7-20)15(22)11-25-16-19-18-14(24-16)10-23-13-5-3-2-4-12(13)17/h2-5H,6-11H2,1H3. The average molecular weight is 366 g/mol. The molecule has 1 amide bonds. The highest BCUT2D eigenvalue weighted by atomic mass is 32.2. The molecule has 2 heterocycles. The first-order valence-corrected chi connectivity index (χ1v) is 8.89. The lowest BCUT2D eigenvalue weighted by Crippen LogP contribution is -2.47. The smallest absolute Gasteiger partial charge is 0.277 e. The van der Waals surface area contributed by atoms with Crippen molar-refractivity contribution in [3.63, 3.8) is 0 Å². The predicted molar refractivity (Wildman–Crippen MR) is 89.8 cm³/mol. The Hall–Kier alpha value is -2.13. The fourth-order valence-corrected chi connectivity index (χ4v) is 3.01. The summed E-state index contributed by atoms with van der Waals surface area (Å²) in [4.78, 5) is 16.2. The number of rotatable bonds is 6. The molecule has 0 unspecified atom stereocenters. The molecule has 7 nitrogen and oxygen atoms in total. The van der Waals surface area contributed by atoms with Crippen LogP contribution in [-0.2, 0) is 11.4 Å². The summed E-state index contributed by atoms with van der Waals surface area (Å²) in [6.45, 7) is 3.22. The van der Waals surface area contributed by atoms with E-state index >= 15 is 0 Å². The number of carbonyl (C=O) groups is 1. The molecule has 1 aliphatic heterocycles. The van der Waals surface area contributed by atoms with E-state index in [-0.39, 0.29) is 29.9 Å². The van der Waals surface area contributed by atoms with Gasteiger partial charge in [-0.2, -0.15) is 0 Å². The molecule has 1 aromatic carbocycles. The molecular weight excluding hydrogens is 347 g/mol. The highest BCUT2D eigenvalue weighted by Gasteiger charge is 2.20. The van der Waals surface area contributed by atoms with E-state index in [1.54, 1.807) is 12.1 Å². The number of thioether (sulfide) groups is 1. The van der Waals surface area contributed by atoms with Gasteiger partial charge in [-0.25, -0.2) is 4.39 Å². The number of para-hydroxylation sites is 1. The van der Waals surface area contributed by atoms with Gasteiger partial charge in [-0.15, -0.1) is 10.2 Å². The van der Waals surface area contributed by atoms with Gasteiger partial charge in [0.2, 0.25) is 5.91 Å². The lowest BCUT2D eigenvalue weighted by molar-refractivity contribution is -0.129. The topological polar surface area (TPSA) is 71.7 Å². The van der Waals surface area contributed by atoms with Crippen molar-refractivity contribution in [2.45, 2.75) is 11.8 Å². The first-order chi connectivity index (χ1) is 12.1. The number of amides is 1. The van der Waals surface area contributed by atoms with Crippen molar-refractivity contribution in [1.29, 1.82) is 0 Å². The number of hydrogen-bond donors (Lipinski definition) is 0. The molecule has 1 aliphatic rings. The second kappa shape index (κ2) is 8.30. The molecule has 3 rings (SSSR count). The van der Waals surface area contributed by atoms with E-state index in [1.165, 1.54) is 23.9 Å². The third-order valence-corrected chi connectivity index (χ3v) is 4.61. The van der Waals surface area contributed by atoms with Gasteiger partial charge < -0.3 is 19.0 Å². The van der Waals surface area contributed by atoms with Gasteiger partial charge in [0, 0.05) is 26.2 Å². The van der Waals surface area contributed by atoms with Gasteiger partial charge in [0.25, 0.3) is 11.1 Å². The monoisotopic (exact) mass is 366 g/mol. The Balaban J connectivity index is 1.45. The summed E-state index contributed by atoms with van der Waals surface area (Å²) >= 11 is 1.19. The van der Waals surface area contributed by atoms with Crippen LogP contribution in [0.25, 0.3) is 0 Å². The Labute approximate surface area is 149 Å². The number of ether oxygens (including phenoxy) is 1. The fraction of sp³-hybridized carbons (Fsp3) is 0.438. The average Bonchev–Trinajstić information content (AvgIpc) is 3.07. The molecule has 0 saturated carbocycles. The third kappa shape index (κ3) is 4.93. The molecule has 1 saturated heterocycles. The van der Waals surface area contributed by atoms with Crippen molar-refractivity contribution >= 4 is 17.7 Å². The summed E-state index contributed by atoms with van der Waals surface area (Å²) in [5.41, 5.74) is 0. The molecule has 1 aromatic heterocycles. The number of carbonyl (C=O) groups excluding carboxylic acids is 1. The number of likely N-dealkylation sites (N-methyl/N-ethyl adjacent to an activating group) is 1. The van der Waals surface area contributed by atoms with Crippen LogP contribution < -0.4 is 4.74 Å². The quantitative estimate of drug-likeness (QED) is 0.720. The second-order valence-electron chi connectivity index (χ2n) is 5.65. The summed E-state index contributed by atoms with van der Waals surface area (Å²) in [6.07, 6.45) is 0. The number of piperazine rings is 1. The molecule has 0 radical (unpaired) electrons. The number of aromatic nitrogens is 2. The zero-order chi connectivity index (χ0) is 17.6. The number of benzene rings is 1. The van der Waals surface area contributed by atoms with Crippen LogP contribution in [0.2, 0.25) is 0 Å². The Bertz CT molecular complexity index is 719. The zero-order valence-electron chi connectivity index (χ0n) is 13.9. The Morgan fingerprint density at radius 2 is 2.04 bits per heavy atom. The molecule has 0 atom stereocenters. The molecule has 2 aromatic rings. The second-order valence-corrected chi connectivity index (χ2v) is 6.58. The fourth-order valence-electron chi connectivity index (χ4n) is 2.33. The van der Waals surface area contributed by atoms with Gasteiger partial charge in [0.15, 0.2) is 18.2 Å². The number of hydrogen-bond acceptors (Lipinski definition) is 7. The minimum Gasteiger partial charge on any atom is -0.481 e. The van der Waals surface area contributed by atoms with Gasteiger partial charge in [-0.05, 0) is 19.2 Å². The van der Waals surface area contributed by atoms with Crippen LogP contribution in [0.15, 0.2) is 33.9 Å². The molecule has 0 bridgehead atoms. The number of halogens is 1. The van der Waals surface area contributed by atoms with E-state index in [2.05, 4.69) is 15.1 Å². The van der Waals surface area contributed by atoms with Crippen molar-refractivity contribution in [2.24, 2.45) is 0 Å². The first-order valence-electron chi connectivity index (χ1n) is 7.90. The van der Waals surface area contributed by atoms with E-state index in [0.717, 1.165) is 26.2 Å². The first kappa shape index (κ1) is 17.7. The molecular formula is C16H19FN4O3S. The highest BCUT2D eigenvalue weighted by molar-refractivity contribution is 7.99. The minimum atomic E-state index is -0.450. The lowest BCUT2D eigenvalue weighted by atomic mass is 10.3. The van der Waals surface area contributed by atoms with Gasteiger partial charge >= 0.3 is 0 Å². The molecule has 0 N–H and O–H groups in total. The molecule has 134 valence electrons. The van der Waals surface area contributed by atoms with Gasteiger partial charge in [0.05, 0.1) is 5.75 Å². The van der Waals surface area contributed by atoms with Crippen molar-refractivity contribution in [3.05, 3.63) is 36.0 Å². The third-order valence-electron chi connectivity index (χ3n) is 3.81. The van der Waals surface area contributed by atoms with Crippen LogP contribution in [0.3, 0.4) is 0 Å². The van der Waals surface area contributed by atoms with Crippen LogP contribution in [0.1, 0.15) is 5.89 Å². The summed E-state index contributed by atoms with van der Waals surface area (Å²) in [5.74, 6) is 0.215. The van der Waals surface area contributed by atoms with E-state index in [1.807, 2.05) is 11.9 Å². The van der Waals surface area contributed by atoms with Crippen molar-refractivity contribution < 1.29 is 18.3 Å². The van der Waals surface area contributed by atoms with Gasteiger partial charge in [-0.1, -0.05) is 23.9 Å². The molecule has 0 aliphatic carbocycles. The molecule has 25 heavy (non-hydrogen) atoms. The maximum atomic E-state index is 13.5. The van der Waals surface area contributed by atoms with E-state index < -0.39 is 5.82 Å². The molecule has 0 spiro atoms. The Morgan fingerprint density at radius 1 is 1.28 bits per heavy atom. The SMILES string of the molecule is CN1CCN(C(=O)CSc2nnc(COc3ccccc3F)o2)CC1. The van der Waals surface area contributed by atoms with Crippen molar-refractivity contribution in [1.82, 2.24) is 20.0 Å². The Kier molecular flexibility index (Phi) is 5.87. The predicted octanol–water partition coefficient (Wildman–Crippen LogP) is 1.65. The summed E-state index contributed by atoms with van der Waals surface area (Å²) in [7, 11) is 2.04. The van der Waals surface area contributed by atoms with Crippen LogP contribution in [0.5, 0.6) is 5.75 Å². The van der Waals surface area contributed by atoms with E-state index in [0.29, 0.717) is 5.22 Å². The number of nitrogens with zero attached hydrogens (tertiary/aromatic N) is 4. The maximum Gasteiger partial charge on any atom is 0.277 e. The van der Waals surface area contributed by atoms with E-state index in [9.17, 15) is 9.18 Å². The minimum absolute atomic E-state index is 0.0269. The van der Waals surface area contributed by atoms with Crippen LogP contribution in [0.4, 0.5) is 4.39 Å². The zero-order valence-corrected chi connectivity index (χ0v) is 14.7.